The number of benzene rings is 5. The third-order valence-corrected chi connectivity index (χ3v) is 10.8. The Hall–Kier alpha value is -4.41. The van der Waals surface area contributed by atoms with Gasteiger partial charge in [0, 0.05) is 37.9 Å². The number of rotatable bonds is 3. The van der Waals surface area contributed by atoms with Crippen LogP contribution in [0.3, 0.4) is 0 Å². The third-order valence-electron chi connectivity index (χ3n) is 8.79. The van der Waals surface area contributed by atoms with Gasteiger partial charge in [0.15, 0.2) is 0 Å². The van der Waals surface area contributed by atoms with Crippen molar-refractivity contribution in [1.29, 1.82) is 0 Å². The number of furan rings is 1. The first-order valence-electron chi connectivity index (χ1n) is 16.2. The van der Waals surface area contributed by atoms with Crippen molar-refractivity contribution in [3.63, 3.8) is 0 Å². The molecule has 0 saturated carbocycles. The van der Waals surface area contributed by atoms with Crippen LogP contribution >= 0.6 is 0 Å². The van der Waals surface area contributed by atoms with E-state index >= 15 is 0 Å². The molecule has 0 unspecified atom stereocenters. The summed E-state index contributed by atoms with van der Waals surface area (Å²) in [7, 11) is -1.44. The van der Waals surface area contributed by atoms with Gasteiger partial charge in [-0.05, 0) is 62.1 Å². The Morgan fingerprint density at radius 1 is 0.646 bits per heavy atom. The van der Waals surface area contributed by atoms with Gasteiger partial charge in [0.1, 0.15) is 5.58 Å². The van der Waals surface area contributed by atoms with Crippen molar-refractivity contribution in [3.05, 3.63) is 139 Å². The fraction of sp³-hybridized carbons (Fsp3) is 0.163. The summed E-state index contributed by atoms with van der Waals surface area (Å²) in [4.78, 5) is 9.15. The summed E-state index contributed by atoms with van der Waals surface area (Å²) in [6.45, 7) is 13.6. The maximum absolute atomic E-state index is 6.46. The number of pyridine rings is 2. The first kappa shape index (κ1) is 33.5. The molecule has 5 aromatic carbocycles. The zero-order valence-electron chi connectivity index (χ0n) is 28.2. The summed E-state index contributed by atoms with van der Waals surface area (Å²) in [5, 5.41) is 8.56. The molecule has 0 aliphatic carbocycles. The van der Waals surface area contributed by atoms with E-state index in [1.165, 1.54) is 32.3 Å². The second-order valence-corrected chi connectivity index (χ2v) is 19.3. The molecule has 241 valence electrons. The molecule has 0 spiro atoms. The predicted molar refractivity (Wildman–Crippen MR) is 201 cm³/mol. The standard InChI is InChI=1S/C28H22NOSi.C15H16N.Ir/c1-31(2,3)20-13-14-29-26(16-20)23-10-6-9-22-25-15-19-12-11-18-7-4-5-8-21(18)24(19)17-27(25)30-28(22)23;1-15(2,3)13-9-10-14(16-11-13)12-7-5-4-6-8-12;/h4-9,11-17H,1-3H3;4-7,9-11H,1-3H3;/q2*-1;. The van der Waals surface area contributed by atoms with Crippen molar-refractivity contribution < 1.29 is 24.5 Å². The number of aromatic nitrogens is 2. The minimum Gasteiger partial charge on any atom is -0.501 e. The molecule has 0 bridgehead atoms. The normalized spacial score (nSPS) is 11.8. The van der Waals surface area contributed by atoms with Crippen LogP contribution in [0, 0.1) is 12.1 Å². The molecule has 48 heavy (non-hydrogen) atoms. The molecule has 8 rings (SSSR count). The van der Waals surface area contributed by atoms with E-state index in [0.29, 0.717) is 0 Å². The minimum absolute atomic E-state index is 0. The number of fused-ring (bicyclic) bond motifs is 6. The van der Waals surface area contributed by atoms with Crippen LogP contribution in [-0.2, 0) is 25.5 Å². The molecule has 0 fully saturated rings. The second kappa shape index (κ2) is 13.2. The Bertz CT molecular complexity index is 2370. The van der Waals surface area contributed by atoms with Crippen molar-refractivity contribution in [2.45, 2.75) is 45.8 Å². The Balaban J connectivity index is 0.000000201. The Kier molecular flexibility index (Phi) is 9.24. The van der Waals surface area contributed by atoms with E-state index in [1.54, 1.807) is 0 Å². The van der Waals surface area contributed by atoms with Gasteiger partial charge in [-0.25, -0.2) is 0 Å². The molecule has 0 N–H and O–H groups in total. The molecule has 3 heterocycles. The number of hydrogen-bond acceptors (Lipinski definition) is 3. The maximum Gasteiger partial charge on any atom is 0.121 e. The van der Waals surface area contributed by atoms with Crippen LogP contribution in [-0.4, -0.2) is 18.0 Å². The summed E-state index contributed by atoms with van der Waals surface area (Å²) in [5.74, 6) is 0. The van der Waals surface area contributed by atoms with E-state index in [9.17, 15) is 0 Å². The Labute approximate surface area is 297 Å². The maximum atomic E-state index is 6.46. The second-order valence-electron chi connectivity index (χ2n) is 14.2. The van der Waals surface area contributed by atoms with E-state index in [0.717, 1.165) is 44.5 Å². The van der Waals surface area contributed by atoms with Crippen LogP contribution in [0.5, 0.6) is 0 Å². The van der Waals surface area contributed by atoms with E-state index in [4.69, 9.17) is 4.42 Å². The van der Waals surface area contributed by atoms with Gasteiger partial charge in [0.05, 0.1) is 13.7 Å². The SMILES string of the molecule is CC(C)(C)c1ccc(-c2[c-]cccc2)nc1.C[Si](C)(C)c1ccnc(-c2[c-]ccc3c2oc2cc4c(ccc5ccccc54)cc23)c1.[Ir]. The number of hydrogen-bond donors (Lipinski definition) is 0. The monoisotopic (exact) mass is 819 g/mol. The van der Waals surface area contributed by atoms with Gasteiger partial charge < -0.3 is 14.4 Å². The van der Waals surface area contributed by atoms with Crippen LogP contribution in [0.15, 0.2) is 126 Å². The Morgan fingerprint density at radius 3 is 2.17 bits per heavy atom. The molecule has 1 radical (unpaired) electrons. The van der Waals surface area contributed by atoms with Crippen molar-refractivity contribution in [3.8, 4) is 22.5 Å². The zero-order chi connectivity index (χ0) is 32.8. The van der Waals surface area contributed by atoms with Crippen LogP contribution in [0.1, 0.15) is 26.3 Å². The van der Waals surface area contributed by atoms with Crippen molar-refractivity contribution in [1.82, 2.24) is 9.97 Å². The smallest absolute Gasteiger partial charge is 0.121 e. The molecule has 3 nitrogen and oxygen atoms in total. The van der Waals surface area contributed by atoms with Crippen molar-refractivity contribution in [2.24, 2.45) is 0 Å². The third kappa shape index (κ3) is 6.64. The molecule has 8 aromatic rings. The van der Waals surface area contributed by atoms with Crippen LogP contribution < -0.4 is 5.19 Å². The van der Waals surface area contributed by atoms with Gasteiger partial charge >= 0.3 is 0 Å². The largest absolute Gasteiger partial charge is 0.501 e. The average Bonchev–Trinajstić information content (AvgIpc) is 3.45. The number of nitrogens with zero attached hydrogens (tertiary/aromatic N) is 2. The topological polar surface area (TPSA) is 38.9 Å². The van der Waals surface area contributed by atoms with Crippen LogP contribution in [0.4, 0.5) is 0 Å². The van der Waals surface area contributed by atoms with Gasteiger partial charge in [-0.15, -0.1) is 54.1 Å². The molecule has 0 aliphatic rings. The summed E-state index contributed by atoms with van der Waals surface area (Å²) < 4.78 is 6.46. The van der Waals surface area contributed by atoms with Crippen LogP contribution in [0.25, 0.3) is 66.0 Å². The van der Waals surface area contributed by atoms with Gasteiger partial charge in [-0.1, -0.05) is 111 Å². The first-order chi connectivity index (χ1) is 22.6. The first-order valence-corrected chi connectivity index (χ1v) is 19.7. The van der Waals surface area contributed by atoms with Gasteiger partial charge in [-0.3, -0.25) is 0 Å². The van der Waals surface area contributed by atoms with E-state index < -0.39 is 8.07 Å². The van der Waals surface area contributed by atoms with Gasteiger partial charge in [0.25, 0.3) is 0 Å². The summed E-state index contributed by atoms with van der Waals surface area (Å²) in [6.07, 6.45) is 3.87. The van der Waals surface area contributed by atoms with Crippen LogP contribution in [0.2, 0.25) is 19.6 Å². The molecule has 0 atom stereocenters. The molecule has 0 saturated heterocycles. The average molecular weight is 819 g/mol. The molecular weight excluding hydrogens is 781 g/mol. The van der Waals surface area contributed by atoms with Gasteiger partial charge in [-0.2, -0.15) is 0 Å². The fourth-order valence-electron chi connectivity index (χ4n) is 6.02. The summed E-state index contributed by atoms with van der Waals surface area (Å²) in [6, 6.07) is 44.5. The summed E-state index contributed by atoms with van der Waals surface area (Å²) >= 11 is 0. The predicted octanol–water partition coefficient (Wildman–Crippen LogP) is 11.1. The minimum atomic E-state index is -1.44. The van der Waals surface area contributed by atoms with E-state index in [2.05, 4.69) is 141 Å². The molecule has 3 aromatic heterocycles. The fourth-order valence-corrected chi connectivity index (χ4v) is 7.16. The molecule has 5 heteroatoms. The van der Waals surface area contributed by atoms with Crippen molar-refractivity contribution >= 4 is 56.7 Å². The van der Waals surface area contributed by atoms with E-state index in [1.807, 2.05) is 42.7 Å². The molecular formula is C43H38IrN2OSi-2. The zero-order valence-corrected chi connectivity index (χ0v) is 31.6. The quantitative estimate of drug-likeness (QED) is 0.101. The molecule has 0 aliphatic heterocycles. The Morgan fingerprint density at radius 2 is 1.44 bits per heavy atom. The molecule has 0 amide bonds. The summed E-state index contributed by atoms with van der Waals surface area (Å²) in [5.41, 5.74) is 7.07. The van der Waals surface area contributed by atoms with Gasteiger partial charge in [0.2, 0.25) is 0 Å². The van der Waals surface area contributed by atoms with Crippen molar-refractivity contribution in [2.75, 3.05) is 0 Å². The van der Waals surface area contributed by atoms with E-state index in [-0.39, 0.29) is 25.5 Å².